The number of hydrogen-bond acceptors (Lipinski definition) is 3. The van der Waals surface area contributed by atoms with E-state index in [0.717, 1.165) is 17.0 Å². The molecule has 0 radical (unpaired) electrons. The molecule has 21 heavy (non-hydrogen) atoms. The lowest BCUT2D eigenvalue weighted by molar-refractivity contribution is 0.628. The second-order valence-electron chi connectivity index (χ2n) is 5.04. The molecule has 5 nitrogen and oxygen atoms in total. The summed E-state index contributed by atoms with van der Waals surface area (Å²) in [6.45, 7) is 4.36. The van der Waals surface area contributed by atoms with E-state index in [-0.39, 0.29) is 11.1 Å². The van der Waals surface area contributed by atoms with Gasteiger partial charge in [-0.1, -0.05) is 6.07 Å². The smallest absolute Gasteiger partial charge is 0.261 e. The lowest BCUT2D eigenvalue weighted by Crippen LogP contribution is -2.22. The Morgan fingerprint density at radius 2 is 2.14 bits per heavy atom. The zero-order valence-electron chi connectivity index (χ0n) is 11.9. The number of fused-ring (bicyclic) bond motifs is 1. The lowest BCUT2D eigenvalue weighted by atomic mass is 10.1. The number of nitrogens with one attached hydrogen (secondary N) is 1. The van der Waals surface area contributed by atoms with E-state index in [4.69, 9.17) is 0 Å². The maximum atomic E-state index is 13.6. The summed E-state index contributed by atoms with van der Waals surface area (Å²) in [4.78, 5) is 16.4. The van der Waals surface area contributed by atoms with Crippen molar-refractivity contribution in [2.75, 3.05) is 0 Å². The van der Waals surface area contributed by atoms with E-state index in [1.165, 1.54) is 23.0 Å². The highest BCUT2D eigenvalue weighted by Crippen LogP contribution is 2.12. The van der Waals surface area contributed by atoms with E-state index in [2.05, 4.69) is 15.2 Å². The number of aryl methyl sites for hydroxylation is 3. The molecule has 0 aliphatic heterocycles. The number of rotatable bonds is 3. The average Bonchev–Trinajstić information content (AvgIpc) is 2.78. The van der Waals surface area contributed by atoms with Crippen LogP contribution >= 0.6 is 0 Å². The number of H-pyrrole nitrogens is 1. The van der Waals surface area contributed by atoms with Crippen molar-refractivity contribution < 1.29 is 4.39 Å². The van der Waals surface area contributed by atoms with Crippen molar-refractivity contribution in [3.8, 4) is 0 Å². The van der Waals surface area contributed by atoms with Crippen LogP contribution in [0.5, 0.6) is 0 Å². The van der Waals surface area contributed by atoms with Crippen LogP contribution in [0.15, 0.2) is 29.3 Å². The minimum atomic E-state index is -0.474. The summed E-state index contributed by atoms with van der Waals surface area (Å²) in [5, 5.41) is 7.36. The summed E-state index contributed by atoms with van der Waals surface area (Å²) < 4.78 is 15.1. The molecular weight excluding hydrogens is 271 g/mol. The van der Waals surface area contributed by atoms with Gasteiger partial charge in [-0.2, -0.15) is 5.10 Å². The Balaban J connectivity index is 1.95. The predicted molar refractivity (Wildman–Crippen MR) is 77.7 cm³/mol. The Labute approximate surface area is 120 Å². The molecule has 0 saturated carbocycles. The van der Waals surface area contributed by atoms with Crippen molar-refractivity contribution in [2.24, 2.45) is 0 Å². The minimum Gasteiger partial charge on any atom is -0.298 e. The Kier molecular flexibility index (Phi) is 3.29. The van der Waals surface area contributed by atoms with Gasteiger partial charge >= 0.3 is 0 Å². The second-order valence-corrected chi connectivity index (χ2v) is 5.04. The molecule has 0 atom stereocenters. The van der Waals surface area contributed by atoms with Gasteiger partial charge in [0.25, 0.3) is 5.56 Å². The zero-order chi connectivity index (χ0) is 15.0. The van der Waals surface area contributed by atoms with Gasteiger partial charge in [-0.05, 0) is 38.0 Å². The van der Waals surface area contributed by atoms with E-state index < -0.39 is 5.82 Å². The van der Waals surface area contributed by atoms with Gasteiger partial charge in [0.2, 0.25) is 0 Å². The summed E-state index contributed by atoms with van der Waals surface area (Å²) in [5.74, 6) is -0.474. The van der Waals surface area contributed by atoms with Crippen LogP contribution in [0.25, 0.3) is 10.9 Å². The van der Waals surface area contributed by atoms with Gasteiger partial charge in [-0.25, -0.2) is 9.37 Å². The normalized spacial score (nSPS) is 11.2. The monoisotopic (exact) mass is 286 g/mol. The number of hydrogen-bond donors (Lipinski definition) is 1. The van der Waals surface area contributed by atoms with Gasteiger partial charge < -0.3 is 0 Å². The first-order valence-corrected chi connectivity index (χ1v) is 6.72. The molecule has 0 amide bonds. The van der Waals surface area contributed by atoms with Crippen molar-refractivity contribution in [2.45, 2.75) is 26.8 Å². The molecule has 0 aliphatic carbocycles. The topological polar surface area (TPSA) is 63.6 Å². The zero-order valence-corrected chi connectivity index (χ0v) is 11.9. The maximum Gasteiger partial charge on any atom is 0.261 e. The highest BCUT2D eigenvalue weighted by molar-refractivity contribution is 5.77. The summed E-state index contributed by atoms with van der Waals surface area (Å²) in [5.41, 5.74) is 2.93. The maximum absolute atomic E-state index is 13.6. The summed E-state index contributed by atoms with van der Waals surface area (Å²) in [7, 11) is 0. The fraction of sp³-hybridized carbons (Fsp3) is 0.267. The summed E-state index contributed by atoms with van der Waals surface area (Å²) in [6, 6.07) is 4.42. The molecule has 108 valence electrons. The van der Waals surface area contributed by atoms with E-state index in [1.54, 1.807) is 6.07 Å². The molecule has 0 fully saturated rings. The first-order chi connectivity index (χ1) is 10.1. The fourth-order valence-corrected chi connectivity index (χ4v) is 2.49. The van der Waals surface area contributed by atoms with E-state index in [1.807, 2.05) is 13.8 Å². The van der Waals surface area contributed by atoms with Gasteiger partial charge in [-0.3, -0.25) is 14.5 Å². The number of aromatic nitrogens is 4. The van der Waals surface area contributed by atoms with Gasteiger partial charge in [0.15, 0.2) is 0 Å². The number of halogens is 1. The molecule has 0 unspecified atom stereocenters. The molecule has 3 aromatic rings. The van der Waals surface area contributed by atoms with Crippen molar-refractivity contribution in [1.82, 2.24) is 19.7 Å². The lowest BCUT2D eigenvalue weighted by Gasteiger charge is -2.07. The molecule has 0 spiro atoms. The summed E-state index contributed by atoms with van der Waals surface area (Å²) >= 11 is 0. The molecule has 0 saturated heterocycles. The molecule has 0 aliphatic rings. The fourth-order valence-electron chi connectivity index (χ4n) is 2.49. The third kappa shape index (κ3) is 2.33. The van der Waals surface area contributed by atoms with E-state index >= 15 is 0 Å². The van der Waals surface area contributed by atoms with Crippen LogP contribution < -0.4 is 5.56 Å². The van der Waals surface area contributed by atoms with Crippen molar-refractivity contribution in [3.63, 3.8) is 0 Å². The molecule has 1 N–H and O–H groups in total. The van der Waals surface area contributed by atoms with Crippen molar-refractivity contribution in [3.05, 3.63) is 57.6 Å². The average molecular weight is 286 g/mol. The number of aromatic amines is 1. The molecular formula is C15H15FN4O. The number of nitrogens with zero attached hydrogens (tertiary/aromatic N) is 3. The van der Waals surface area contributed by atoms with E-state index in [9.17, 15) is 9.18 Å². The third-order valence-corrected chi connectivity index (χ3v) is 3.69. The molecule has 1 aromatic carbocycles. The largest absolute Gasteiger partial charge is 0.298 e. The SMILES string of the molecule is Cc1n[nH]c(C)c1CCn1cnc2c(F)cccc2c1=O. The van der Waals surface area contributed by atoms with Crippen LogP contribution in [-0.4, -0.2) is 19.7 Å². The van der Waals surface area contributed by atoms with Crippen molar-refractivity contribution >= 4 is 10.9 Å². The first kappa shape index (κ1) is 13.5. The van der Waals surface area contributed by atoms with Gasteiger partial charge in [-0.15, -0.1) is 0 Å². The second kappa shape index (κ2) is 5.12. The van der Waals surface area contributed by atoms with E-state index in [0.29, 0.717) is 18.4 Å². The highest BCUT2D eigenvalue weighted by atomic mass is 19.1. The van der Waals surface area contributed by atoms with Crippen LogP contribution in [0.3, 0.4) is 0 Å². The van der Waals surface area contributed by atoms with Crippen LogP contribution in [0.2, 0.25) is 0 Å². The Morgan fingerprint density at radius 1 is 1.33 bits per heavy atom. The van der Waals surface area contributed by atoms with Crippen LogP contribution in [0.4, 0.5) is 4.39 Å². The standard InChI is InChI=1S/C15H15FN4O/c1-9-11(10(2)19-18-9)6-7-20-8-17-14-12(15(20)21)4-3-5-13(14)16/h3-5,8H,6-7H2,1-2H3,(H,18,19). The number of benzene rings is 1. The third-order valence-electron chi connectivity index (χ3n) is 3.69. The van der Waals surface area contributed by atoms with Gasteiger partial charge in [0.1, 0.15) is 11.3 Å². The van der Waals surface area contributed by atoms with Crippen molar-refractivity contribution in [1.29, 1.82) is 0 Å². The Bertz CT molecular complexity index is 846. The first-order valence-electron chi connectivity index (χ1n) is 6.72. The molecule has 2 heterocycles. The van der Waals surface area contributed by atoms with Gasteiger partial charge in [0, 0.05) is 12.2 Å². The molecule has 0 bridgehead atoms. The van der Waals surface area contributed by atoms with Crippen LogP contribution in [0, 0.1) is 19.7 Å². The number of para-hydroxylation sites is 1. The van der Waals surface area contributed by atoms with Crippen LogP contribution in [-0.2, 0) is 13.0 Å². The minimum absolute atomic E-state index is 0.120. The molecule has 2 aromatic heterocycles. The molecule has 6 heteroatoms. The quantitative estimate of drug-likeness (QED) is 0.802. The Morgan fingerprint density at radius 3 is 2.86 bits per heavy atom. The molecule has 3 rings (SSSR count). The van der Waals surface area contributed by atoms with Gasteiger partial charge in [0.05, 0.1) is 17.4 Å². The Hall–Kier alpha value is -2.50. The highest BCUT2D eigenvalue weighted by Gasteiger charge is 2.10. The summed E-state index contributed by atoms with van der Waals surface area (Å²) in [6.07, 6.45) is 2.08. The van der Waals surface area contributed by atoms with Crippen LogP contribution in [0.1, 0.15) is 17.0 Å². The predicted octanol–water partition coefficient (Wildman–Crippen LogP) is 2.12.